The molecule has 2 atom stereocenters. The molecule has 1 N–H and O–H groups in total. The summed E-state index contributed by atoms with van der Waals surface area (Å²) < 4.78 is 5.37. The van der Waals surface area contributed by atoms with Crippen molar-refractivity contribution in [1.29, 1.82) is 0 Å². The zero-order chi connectivity index (χ0) is 19.9. The zero-order valence-electron chi connectivity index (χ0n) is 16.6. The highest BCUT2D eigenvalue weighted by Crippen LogP contribution is 2.20. The first-order valence-corrected chi connectivity index (χ1v) is 9.97. The fraction of sp³-hybridized carbons (Fsp3) is 0.391. The Labute approximate surface area is 166 Å². The summed E-state index contributed by atoms with van der Waals surface area (Å²) in [4.78, 5) is 27.2. The van der Waals surface area contributed by atoms with Crippen LogP contribution in [-0.2, 0) is 22.4 Å². The summed E-state index contributed by atoms with van der Waals surface area (Å²) in [6, 6.07) is 17.8. The summed E-state index contributed by atoms with van der Waals surface area (Å²) in [5, 5.41) is 3.02. The highest BCUT2D eigenvalue weighted by atomic mass is 16.5. The number of nitrogens with zero attached hydrogens (tertiary/aromatic N) is 1. The Morgan fingerprint density at radius 3 is 2.50 bits per heavy atom. The topological polar surface area (TPSA) is 58.6 Å². The molecule has 0 saturated heterocycles. The standard InChI is InChI=1S/C23H28N2O3/c1-3-25(4-2)19(14-17-10-6-5-7-11-17)16-24-22(26)21-15-18-12-8-9-13-20(18)23(27)28-21/h5-13,19,21H,3-4,14-16H2,1-2H3,(H,24,26)/t19-,21-/m0/s1. The highest BCUT2D eigenvalue weighted by Gasteiger charge is 2.31. The summed E-state index contributed by atoms with van der Waals surface area (Å²) in [6.07, 6.45) is 0.509. The SMILES string of the molecule is CCN(CC)[C@H](CNC(=O)[C@@H]1Cc2ccccc2C(=O)O1)Cc1ccccc1. The van der Waals surface area contributed by atoms with E-state index in [1.165, 1.54) is 5.56 Å². The smallest absolute Gasteiger partial charge is 0.339 e. The van der Waals surface area contributed by atoms with Gasteiger partial charge in [0.25, 0.3) is 5.91 Å². The minimum atomic E-state index is -0.767. The van der Waals surface area contributed by atoms with Gasteiger partial charge in [0.1, 0.15) is 0 Å². The minimum absolute atomic E-state index is 0.188. The number of cyclic esters (lactones) is 1. The Hall–Kier alpha value is -2.66. The number of benzene rings is 2. The van der Waals surface area contributed by atoms with E-state index in [0.29, 0.717) is 18.5 Å². The summed E-state index contributed by atoms with van der Waals surface area (Å²) >= 11 is 0. The van der Waals surface area contributed by atoms with Gasteiger partial charge in [-0.05, 0) is 36.7 Å². The molecule has 0 aliphatic carbocycles. The van der Waals surface area contributed by atoms with Crippen LogP contribution >= 0.6 is 0 Å². The monoisotopic (exact) mass is 380 g/mol. The molecular formula is C23H28N2O3. The average molecular weight is 380 g/mol. The van der Waals surface area contributed by atoms with Gasteiger partial charge in [0.05, 0.1) is 5.56 Å². The molecule has 0 spiro atoms. The molecule has 3 rings (SSSR count). The molecule has 0 radical (unpaired) electrons. The van der Waals surface area contributed by atoms with Crippen LogP contribution in [0.15, 0.2) is 54.6 Å². The van der Waals surface area contributed by atoms with E-state index in [-0.39, 0.29) is 11.9 Å². The molecule has 0 fully saturated rings. The van der Waals surface area contributed by atoms with Crippen LogP contribution in [-0.4, -0.2) is 48.6 Å². The Morgan fingerprint density at radius 1 is 1.11 bits per heavy atom. The van der Waals surface area contributed by atoms with Gasteiger partial charge in [0.15, 0.2) is 6.10 Å². The second-order valence-electron chi connectivity index (χ2n) is 7.07. The van der Waals surface area contributed by atoms with E-state index in [1.807, 2.05) is 30.3 Å². The number of carbonyl (C=O) groups excluding carboxylic acids is 2. The third kappa shape index (κ3) is 4.78. The largest absolute Gasteiger partial charge is 0.448 e. The van der Waals surface area contributed by atoms with Gasteiger partial charge in [-0.25, -0.2) is 4.79 Å². The molecule has 1 amide bonds. The fourth-order valence-corrected chi connectivity index (χ4v) is 3.77. The first-order valence-electron chi connectivity index (χ1n) is 9.97. The number of likely N-dealkylation sites (N-methyl/N-ethyl adjacent to an activating group) is 1. The summed E-state index contributed by atoms with van der Waals surface area (Å²) in [7, 11) is 0. The Morgan fingerprint density at radius 2 is 1.79 bits per heavy atom. The molecule has 0 saturated carbocycles. The van der Waals surface area contributed by atoms with Crippen LogP contribution in [0.5, 0.6) is 0 Å². The van der Waals surface area contributed by atoms with Crippen molar-refractivity contribution in [3.8, 4) is 0 Å². The lowest BCUT2D eigenvalue weighted by atomic mass is 9.98. The maximum atomic E-state index is 12.7. The fourth-order valence-electron chi connectivity index (χ4n) is 3.77. The molecule has 1 aliphatic heterocycles. The maximum Gasteiger partial charge on any atom is 0.339 e. The second-order valence-corrected chi connectivity index (χ2v) is 7.07. The van der Waals surface area contributed by atoms with Crippen molar-refractivity contribution in [2.24, 2.45) is 0 Å². The second kappa shape index (κ2) is 9.51. The summed E-state index contributed by atoms with van der Waals surface area (Å²) in [6.45, 7) is 6.60. The maximum absolute atomic E-state index is 12.7. The van der Waals surface area contributed by atoms with Gasteiger partial charge < -0.3 is 10.1 Å². The van der Waals surface area contributed by atoms with Crippen molar-refractivity contribution in [2.75, 3.05) is 19.6 Å². The number of ether oxygens (including phenoxy) is 1. The van der Waals surface area contributed by atoms with Crippen LogP contribution in [0.3, 0.4) is 0 Å². The van der Waals surface area contributed by atoms with Gasteiger partial charge in [0.2, 0.25) is 0 Å². The predicted octanol–water partition coefficient (Wildman–Crippen LogP) is 2.84. The number of carbonyl (C=O) groups is 2. The molecule has 28 heavy (non-hydrogen) atoms. The number of fused-ring (bicyclic) bond motifs is 1. The van der Waals surface area contributed by atoms with Gasteiger partial charge in [-0.3, -0.25) is 9.69 Å². The number of hydrogen-bond donors (Lipinski definition) is 1. The number of nitrogens with one attached hydrogen (secondary N) is 1. The van der Waals surface area contributed by atoms with Crippen molar-refractivity contribution in [3.63, 3.8) is 0 Å². The number of amides is 1. The predicted molar refractivity (Wildman–Crippen MR) is 109 cm³/mol. The van der Waals surface area contributed by atoms with Crippen LogP contribution in [0.25, 0.3) is 0 Å². The van der Waals surface area contributed by atoms with E-state index in [4.69, 9.17) is 4.74 Å². The van der Waals surface area contributed by atoms with E-state index in [1.54, 1.807) is 12.1 Å². The van der Waals surface area contributed by atoms with E-state index < -0.39 is 12.1 Å². The zero-order valence-corrected chi connectivity index (χ0v) is 16.6. The van der Waals surface area contributed by atoms with Crippen molar-refractivity contribution in [2.45, 2.75) is 38.8 Å². The van der Waals surface area contributed by atoms with Crippen LogP contribution < -0.4 is 5.32 Å². The van der Waals surface area contributed by atoms with Crippen molar-refractivity contribution >= 4 is 11.9 Å². The van der Waals surface area contributed by atoms with Gasteiger partial charge in [-0.2, -0.15) is 0 Å². The van der Waals surface area contributed by atoms with Crippen LogP contribution in [0.2, 0.25) is 0 Å². The molecule has 0 aromatic heterocycles. The van der Waals surface area contributed by atoms with E-state index in [9.17, 15) is 9.59 Å². The minimum Gasteiger partial charge on any atom is -0.448 e. The van der Waals surface area contributed by atoms with Gasteiger partial charge in [0, 0.05) is 19.0 Å². The van der Waals surface area contributed by atoms with Crippen molar-refractivity contribution in [3.05, 3.63) is 71.3 Å². The van der Waals surface area contributed by atoms with Gasteiger partial charge in [-0.15, -0.1) is 0 Å². The van der Waals surface area contributed by atoms with E-state index in [2.05, 4.69) is 36.2 Å². The molecule has 1 heterocycles. The van der Waals surface area contributed by atoms with Crippen molar-refractivity contribution in [1.82, 2.24) is 10.2 Å². The molecule has 2 aromatic carbocycles. The lowest BCUT2D eigenvalue weighted by molar-refractivity contribution is -0.130. The highest BCUT2D eigenvalue weighted by molar-refractivity contribution is 5.95. The van der Waals surface area contributed by atoms with Gasteiger partial charge in [-0.1, -0.05) is 62.4 Å². The third-order valence-corrected chi connectivity index (χ3v) is 5.34. The summed E-state index contributed by atoms with van der Waals surface area (Å²) in [5.41, 5.74) is 2.66. The molecule has 0 unspecified atom stereocenters. The van der Waals surface area contributed by atoms with Crippen LogP contribution in [0, 0.1) is 0 Å². The summed E-state index contributed by atoms with van der Waals surface area (Å²) in [5.74, 6) is -0.653. The Bertz CT molecular complexity index is 803. The molecule has 5 nitrogen and oxygen atoms in total. The Kier molecular flexibility index (Phi) is 6.82. The molecule has 148 valence electrons. The first-order chi connectivity index (χ1) is 13.6. The molecular weight excluding hydrogens is 352 g/mol. The quantitative estimate of drug-likeness (QED) is 0.716. The lowest BCUT2D eigenvalue weighted by Gasteiger charge is -2.31. The van der Waals surface area contributed by atoms with Crippen LogP contribution in [0.1, 0.15) is 35.3 Å². The number of hydrogen-bond acceptors (Lipinski definition) is 4. The molecule has 1 aliphatic rings. The number of esters is 1. The molecule has 5 heteroatoms. The molecule has 2 aromatic rings. The lowest BCUT2D eigenvalue weighted by Crippen LogP contribution is -2.49. The normalized spacial score (nSPS) is 17.0. The average Bonchev–Trinajstić information content (AvgIpc) is 2.73. The third-order valence-electron chi connectivity index (χ3n) is 5.34. The van der Waals surface area contributed by atoms with E-state index >= 15 is 0 Å². The molecule has 0 bridgehead atoms. The Balaban J connectivity index is 1.64. The van der Waals surface area contributed by atoms with Crippen molar-refractivity contribution < 1.29 is 14.3 Å². The van der Waals surface area contributed by atoms with E-state index in [0.717, 1.165) is 25.1 Å². The number of rotatable bonds is 8. The first kappa shape index (κ1) is 20.1. The van der Waals surface area contributed by atoms with Gasteiger partial charge >= 0.3 is 5.97 Å². The van der Waals surface area contributed by atoms with Crippen LogP contribution in [0.4, 0.5) is 0 Å².